The summed E-state index contributed by atoms with van der Waals surface area (Å²) in [7, 11) is 0. The third kappa shape index (κ3) is 4.89. The van der Waals surface area contributed by atoms with Crippen LogP contribution < -0.4 is 10.6 Å². The zero-order valence-electron chi connectivity index (χ0n) is 10.3. The zero-order valence-corrected chi connectivity index (χ0v) is 11.9. The number of anilines is 1. The number of halogens is 1. The smallest absolute Gasteiger partial charge is 0.170 e. The van der Waals surface area contributed by atoms with Crippen LogP contribution in [0, 0.1) is 6.07 Å². The van der Waals surface area contributed by atoms with Crippen LogP contribution in [0.5, 0.6) is 0 Å². The largest absolute Gasteiger partial charge is 0.362 e. The van der Waals surface area contributed by atoms with E-state index < -0.39 is 0 Å². The van der Waals surface area contributed by atoms with E-state index in [1.807, 2.05) is 42.5 Å². The second kappa shape index (κ2) is 7.12. The predicted octanol–water partition coefficient (Wildman–Crippen LogP) is 3.67. The maximum absolute atomic E-state index is 5.93. The first-order chi connectivity index (χ1) is 9.24. The molecule has 0 aliphatic carbocycles. The molecule has 0 atom stereocenters. The number of hydrogen-bond donors (Lipinski definition) is 2. The van der Waals surface area contributed by atoms with Gasteiger partial charge in [0.15, 0.2) is 5.11 Å². The highest BCUT2D eigenvalue weighted by Crippen LogP contribution is 2.10. The van der Waals surface area contributed by atoms with Gasteiger partial charge in [0.1, 0.15) is 0 Å². The minimum atomic E-state index is 0.619. The third-order valence-electron chi connectivity index (χ3n) is 2.56. The molecule has 0 fully saturated rings. The molecule has 0 unspecified atom stereocenters. The lowest BCUT2D eigenvalue weighted by atomic mass is 10.1. The molecule has 97 valence electrons. The van der Waals surface area contributed by atoms with Gasteiger partial charge in [-0.2, -0.15) is 0 Å². The number of rotatable bonds is 4. The van der Waals surface area contributed by atoms with Crippen molar-refractivity contribution in [2.45, 2.75) is 6.42 Å². The standard InChI is InChI=1S/C15H14ClN2S/c16-13-6-4-5-12(11-13)9-10-17-15(19)18-14-7-2-1-3-8-14/h2-8,11H,9-10H2,(H2,17,18,19). The molecule has 2 nitrogen and oxygen atoms in total. The topological polar surface area (TPSA) is 24.1 Å². The molecule has 0 bridgehead atoms. The third-order valence-corrected chi connectivity index (χ3v) is 3.05. The molecular formula is C15H14ClN2S. The number of nitrogens with one attached hydrogen (secondary N) is 2. The Bertz CT molecular complexity index is 543. The Morgan fingerprint density at radius 1 is 1.21 bits per heavy atom. The maximum atomic E-state index is 5.93. The van der Waals surface area contributed by atoms with E-state index in [-0.39, 0.29) is 0 Å². The van der Waals surface area contributed by atoms with Crippen LogP contribution in [0.2, 0.25) is 5.02 Å². The molecule has 0 saturated carbocycles. The van der Waals surface area contributed by atoms with E-state index in [1.165, 1.54) is 5.56 Å². The summed E-state index contributed by atoms with van der Waals surface area (Å²) in [5.41, 5.74) is 2.15. The molecule has 0 aliphatic rings. The van der Waals surface area contributed by atoms with Crippen LogP contribution in [-0.2, 0) is 6.42 Å². The summed E-state index contributed by atoms with van der Waals surface area (Å²) in [4.78, 5) is 0. The fourth-order valence-corrected chi connectivity index (χ4v) is 2.09. The summed E-state index contributed by atoms with van der Waals surface area (Å²) in [6, 6.07) is 18.3. The molecule has 1 radical (unpaired) electrons. The Labute approximate surface area is 123 Å². The van der Waals surface area contributed by atoms with Crippen molar-refractivity contribution in [3.05, 3.63) is 65.2 Å². The molecule has 2 aromatic rings. The second-order valence-corrected chi connectivity index (χ2v) is 4.89. The number of hydrogen-bond acceptors (Lipinski definition) is 1. The molecule has 0 spiro atoms. The summed E-state index contributed by atoms with van der Waals surface area (Å²) >= 11 is 11.2. The van der Waals surface area contributed by atoms with Crippen LogP contribution >= 0.6 is 23.8 Å². The summed E-state index contributed by atoms with van der Waals surface area (Å²) < 4.78 is 0. The van der Waals surface area contributed by atoms with Crippen molar-refractivity contribution in [3.63, 3.8) is 0 Å². The normalized spacial score (nSPS) is 9.95. The minimum Gasteiger partial charge on any atom is -0.362 e. The second-order valence-electron chi connectivity index (χ2n) is 4.05. The quantitative estimate of drug-likeness (QED) is 0.840. The van der Waals surface area contributed by atoms with Gasteiger partial charge in [0.05, 0.1) is 0 Å². The lowest BCUT2D eigenvalue weighted by Gasteiger charge is -2.10. The Hall–Kier alpha value is -1.58. The lowest BCUT2D eigenvalue weighted by molar-refractivity contribution is 0.873. The van der Waals surface area contributed by atoms with Crippen molar-refractivity contribution in [3.8, 4) is 0 Å². The first-order valence-electron chi connectivity index (χ1n) is 5.99. The van der Waals surface area contributed by atoms with E-state index in [0.29, 0.717) is 5.11 Å². The molecule has 0 amide bonds. The molecule has 0 heterocycles. The van der Waals surface area contributed by atoms with Gasteiger partial charge in [-0.1, -0.05) is 35.9 Å². The van der Waals surface area contributed by atoms with Crippen LogP contribution in [0.3, 0.4) is 0 Å². The van der Waals surface area contributed by atoms with Crippen LogP contribution in [0.4, 0.5) is 5.69 Å². The van der Waals surface area contributed by atoms with Gasteiger partial charge >= 0.3 is 0 Å². The molecule has 2 aromatic carbocycles. The van der Waals surface area contributed by atoms with Crippen LogP contribution in [0.15, 0.2) is 48.5 Å². The average molecular weight is 290 g/mol. The predicted molar refractivity (Wildman–Crippen MR) is 84.7 cm³/mol. The van der Waals surface area contributed by atoms with Crippen molar-refractivity contribution in [2.75, 3.05) is 11.9 Å². The molecule has 19 heavy (non-hydrogen) atoms. The van der Waals surface area contributed by atoms with Gasteiger partial charge in [-0.3, -0.25) is 0 Å². The van der Waals surface area contributed by atoms with Crippen LogP contribution in [0.1, 0.15) is 5.56 Å². The molecule has 0 aliphatic heterocycles. The molecule has 0 saturated heterocycles. The van der Waals surface area contributed by atoms with Gasteiger partial charge in [0.25, 0.3) is 0 Å². The fourth-order valence-electron chi connectivity index (χ4n) is 1.66. The van der Waals surface area contributed by atoms with Crippen molar-refractivity contribution < 1.29 is 0 Å². The first-order valence-corrected chi connectivity index (χ1v) is 6.78. The van der Waals surface area contributed by atoms with Gasteiger partial charge in [0, 0.05) is 17.3 Å². The van der Waals surface area contributed by atoms with Crippen molar-refractivity contribution in [1.29, 1.82) is 0 Å². The maximum Gasteiger partial charge on any atom is 0.170 e. The Balaban J connectivity index is 1.75. The molecule has 4 heteroatoms. The van der Waals surface area contributed by atoms with Crippen LogP contribution in [-0.4, -0.2) is 11.7 Å². The van der Waals surface area contributed by atoms with Gasteiger partial charge < -0.3 is 10.6 Å². The van der Waals surface area contributed by atoms with Gasteiger partial charge in [-0.25, -0.2) is 0 Å². The van der Waals surface area contributed by atoms with E-state index >= 15 is 0 Å². The van der Waals surface area contributed by atoms with E-state index in [9.17, 15) is 0 Å². The highest BCUT2D eigenvalue weighted by molar-refractivity contribution is 7.80. The molecular weight excluding hydrogens is 276 g/mol. The Kier molecular flexibility index (Phi) is 5.19. The van der Waals surface area contributed by atoms with Crippen molar-refractivity contribution in [2.24, 2.45) is 0 Å². The molecule has 2 rings (SSSR count). The fraction of sp³-hybridized carbons (Fsp3) is 0.133. The minimum absolute atomic E-state index is 0.619. The van der Waals surface area contributed by atoms with Gasteiger partial charge in [-0.15, -0.1) is 0 Å². The highest BCUT2D eigenvalue weighted by atomic mass is 35.5. The van der Waals surface area contributed by atoms with Gasteiger partial charge in [0.2, 0.25) is 0 Å². The summed E-state index contributed by atoms with van der Waals surface area (Å²) in [5.74, 6) is 0. The van der Waals surface area contributed by atoms with Gasteiger partial charge in [-0.05, 0) is 54.5 Å². The first kappa shape index (κ1) is 13.8. The summed E-state index contributed by atoms with van der Waals surface area (Å²) in [6.45, 7) is 0.769. The zero-order chi connectivity index (χ0) is 13.5. The highest BCUT2D eigenvalue weighted by Gasteiger charge is 1.98. The van der Waals surface area contributed by atoms with E-state index in [0.717, 1.165) is 23.7 Å². The monoisotopic (exact) mass is 289 g/mol. The lowest BCUT2D eigenvalue weighted by Crippen LogP contribution is -2.30. The van der Waals surface area contributed by atoms with E-state index in [4.69, 9.17) is 23.8 Å². The number of thiocarbonyl (C=S) groups is 1. The van der Waals surface area contributed by atoms with Crippen molar-refractivity contribution in [1.82, 2.24) is 5.32 Å². The van der Waals surface area contributed by atoms with E-state index in [2.05, 4.69) is 22.8 Å². The molecule has 0 aromatic heterocycles. The molecule has 2 N–H and O–H groups in total. The van der Waals surface area contributed by atoms with Crippen LogP contribution in [0.25, 0.3) is 0 Å². The Morgan fingerprint density at radius 3 is 2.74 bits per heavy atom. The average Bonchev–Trinajstić information content (AvgIpc) is 2.40. The van der Waals surface area contributed by atoms with Crippen molar-refractivity contribution >= 4 is 34.6 Å². The summed E-state index contributed by atoms with van der Waals surface area (Å²) in [6.07, 6.45) is 0.880. The summed E-state index contributed by atoms with van der Waals surface area (Å²) in [5, 5.41) is 7.66. The van der Waals surface area contributed by atoms with E-state index in [1.54, 1.807) is 0 Å². The Morgan fingerprint density at radius 2 is 2.00 bits per heavy atom. The SMILES string of the molecule is S=C(NCCc1cccc(Cl)c1)Nc1cc[c]cc1. The number of benzene rings is 2.